The van der Waals surface area contributed by atoms with Gasteiger partial charge in [0, 0.05) is 25.5 Å². The molecule has 6 heteroatoms. The normalized spacial score (nSPS) is 24.3. The number of rotatable bonds is 2. The molecular formula is C18H21N3O3. The molecule has 2 saturated heterocycles. The van der Waals surface area contributed by atoms with Gasteiger partial charge in [-0.05, 0) is 37.8 Å². The van der Waals surface area contributed by atoms with Crippen molar-refractivity contribution in [1.29, 1.82) is 0 Å². The third-order valence-corrected chi connectivity index (χ3v) is 5.39. The van der Waals surface area contributed by atoms with Crippen LogP contribution in [0, 0.1) is 0 Å². The number of hydrogen-bond acceptors (Lipinski definition) is 4. The lowest BCUT2D eigenvalue weighted by Gasteiger charge is -2.43. The lowest BCUT2D eigenvalue weighted by atomic mass is 9.85. The number of aromatic nitrogens is 1. The summed E-state index contributed by atoms with van der Waals surface area (Å²) in [7, 11) is 1.83. The second-order valence-corrected chi connectivity index (χ2v) is 6.81. The minimum Gasteiger partial charge on any atom is -0.356 e. The Hall–Kier alpha value is -2.37. The molecule has 2 aliphatic heterocycles. The average molecular weight is 327 g/mol. The lowest BCUT2D eigenvalue weighted by Crippen LogP contribution is -2.60. The van der Waals surface area contributed by atoms with E-state index < -0.39 is 5.54 Å². The average Bonchev–Trinajstić information content (AvgIpc) is 3.18. The molecule has 1 atom stereocenters. The topological polar surface area (TPSA) is 66.7 Å². The van der Waals surface area contributed by atoms with Crippen molar-refractivity contribution in [3.63, 3.8) is 0 Å². The number of para-hydroxylation sites is 1. The highest BCUT2D eigenvalue weighted by Gasteiger charge is 2.51. The van der Waals surface area contributed by atoms with Crippen LogP contribution in [0.25, 0.3) is 11.0 Å². The van der Waals surface area contributed by atoms with E-state index in [1.807, 2.05) is 31.3 Å². The summed E-state index contributed by atoms with van der Waals surface area (Å²) in [6.07, 6.45) is 3.53. The maximum absolute atomic E-state index is 13.0. The third-order valence-electron chi connectivity index (χ3n) is 5.39. The number of likely N-dealkylation sites (tertiary alicyclic amines) is 2. The van der Waals surface area contributed by atoms with Crippen LogP contribution in [-0.4, -0.2) is 52.4 Å². The zero-order valence-corrected chi connectivity index (χ0v) is 13.8. The molecule has 1 aromatic heterocycles. The number of hydrogen-bond donors (Lipinski definition) is 0. The molecule has 3 heterocycles. The van der Waals surface area contributed by atoms with Gasteiger partial charge in [0.1, 0.15) is 11.2 Å². The molecule has 2 aromatic rings. The fourth-order valence-corrected chi connectivity index (χ4v) is 4.20. The minimum absolute atomic E-state index is 0.0322. The molecule has 1 spiro atoms. The van der Waals surface area contributed by atoms with Gasteiger partial charge in [0.2, 0.25) is 11.8 Å². The SMILES string of the molecule is CN1CCCC2(CCCN2C(=O)Cc2noc3ccccc23)C1=O. The van der Waals surface area contributed by atoms with Crippen LogP contribution in [0.1, 0.15) is 31.4 Å². The van der Waals surface area contributed by atoms with Gasteiger partial charge in [-0.15, -0.1) is 0 Å². The van der Waals surface area contributed by atoms with Crippen LogP contribution in [0.4, 0.5) is 0 Å². The molecule has 0 radical (unpaired) electrons. The van der Waals surface area contributed by atoms with E-state index in [1.54, 1.807) is 9.80 Å². The van der Waals surface area contributed by atoms with Crippen LogP contribution in [0.3, 0.4) is 0 Å². The Labute approximate surface area is 140 Å². The van der Waals surface area contributed by atoms with Crippen molar-refractivity contribution >= 4 is 22.8 Å². The largest absolute Gasteiger partial charge is 0.356 e. The van der Waals surface area contributed by atoms with Gasteiger partial charge < -0.3 is 14.3 Å². The van der Waals surface area contributed by atoms with Crippen LogP contribution in [0.5, 0.6) is 0 Å². The highest BCUT2D eigenvalue weighted by Crippen LogP contribution is 2.38. The molecule has 0 aliphatic carbocycles. The fraction of sp³-hybridized carbons (Fsp3) is 0.500. The summed E-state index contributed by atoms with van der Waals surface area (Å²) in [5, 5.41) is 4.92. The van der Waals surface area contributed by atoms with Crippen LogP contribution >= 0.6 is 0 Å². The number of carbonyl (C=O) groups excluding carboxylic acids is 2. The molecule has 24 heavy (non-hydrogen) atoms. The van der Waals surface area contributed by atoms with Gasteiger partial charge in [-0.25, -0.2) is 0 Å². The molecule has 0 saturated carbocycles. The number of benzene rings is 1. The van der Waals surface area contributed by atoms with E-state index in [9.17, 15) is 9.59 Å². The number of nitrogens with zero attached hydrogens (tertiary/aromatic N) is 3. The Morgan fingerprint density at radius 3 is 2.83 bits per heavy atom. The summed E-state index contributed by atoms with van der Waals surface area (Å²) in [4.78, 5) is 29.3. The summed E-state index contributed by atoms with van der Waals surface area (Å²) in [6.45, 7) is 1.42. The molecule has 0 N–H and O–H groups in total. The highest BCUT2D eigenvalue weighted by atomic mass is 16.5. The quantitative estimate of drug-likeness (QED) is 0.846. The summed E-state index contributed by atoms with van der Waals surface area (Å²) in [5.74, 6) is 0.0554. The van der Waals surface area contributed by atoms with E-state index >= 15 is 0 Å². The summed E-state index contributed by atoms with van der Waals surface area (Å²) in [6, 6.07) is 7.54. The van der Waals surface area contributed by atoms with Crippen molar-refractivity contribution in [3.05, 3.63) is 30.0 Å². The first-order valence-electron chi connectivity index (χ1n) is 8.51. The van der Waals surface area contributed by atoms with E-state index in [4.69, 9.17) is 4.52 Å². The second kappa shape index (κ2) is 5.61. The van der Waals surface area contributed by atoms with Crippen LogP contribution in [0.2, 0.25) is 0 Å². The predicted octanol–water partition coefficient (Wildman–Crippen LogP) is 1.98. The molecular weight excluding hydrogens is 306 g/mol. The van der Waals surface area contributed by atoms with Gasteiger partial charge in [-0.3, -0.25) is 9.59 Å². The summed E-state index contributed by atoms with van der Waals surface area (Å²) < 4.78 is 5.29. The zero-order chi connectivity index (χ0) is 16.7. The number of carbonyl (C=O) groups is 2. The number of piperidine rings is 1. The minimum atomic E-state index is -0.635. The van der Waals surface area contributed by atoms with Crippen LogP contribution in [-0.2, 0) is 16.0 Å². The molecule has 2 fully saturated rings. The van der Waals surface area contributed by atoms with Crippen molar-refractivity contribution in [2.75, 3.05) is 20.1 Å². The van der Waals surface area contributed by atoms with E-state index in [1.165, 1.54) is 0 Å². The van der Waals surface area contributed by atoms with Gasteiger partial charge in [-0.2, -0.15) is 0 Å². The molecule has 2 aliphatic rings. The van der Waals surface area contributed by atoms with Gasteiger partial charge in [0.05, 0.1) is 6.42 Å². The van der Waals surface area contributed by atoms with Crippen molar-refractivity contribution in [2.24, 2.45) is 0 Å². The van der Waals surface area contributed by atoms with Crippen molar-refractivity contribution in [1.82, 2.24) is 15.0 Å². The third kappa shape index (κ3) is 2.20. The number of likely N-dealkylation sites (N-methyl/N-ethyl adjacent to an activating group) is 1. The molecule has 6 nitrogen and oxygen atoms in total. The van der Waals surface area contributed by atoms with Crippen molar-refractivity contribution in [3.8, 4) is 0 Å². The van der Waals surface area contributed by atoms with E-state index in [2.05, 4.69) is 5.16 Å². The van der Waals surface area contributed by atoms with E-state index in [0.29, 0.717) is 17.8 Å². The first-order chi connectivity index (χ1) is 11.6. The first-order valence-corrected chi connectivity index (χ1v) is 8.51. The lowest BCUT2D eigenvalue weighted by molar-refractivity contribution is -0.153. The van der Waals surface area contributed by atoms with Crippen molar-refractivity contribution in [2.45, 2.75) is 37.6 Å². The van der Waals surface area contributed by atoms with Gasteiger partial charge in [0.15, 0.2) is 5.58 Å². The van der Waals surface area contributed by atoms with Gasteiger partial charge >= 0.3 is 0 Å². The molecule has 0 bridgehead atoms. The Kier molecular flexibility index (Phi) is 3.55. The maximum atomic E-state index is 13.0. The maximum Gasteiger partial charge on any atom is 0.248 e. The first kappa shape index (κ1) is 15.2. The monoisotopic (exact) mass is 327 g/mol. The van der Waals surface area contributed by atoms with Gasteiger partial charge in [-0.1, -0.05) is 17.3 Å². The summed E-state index contributed by atoms with van der Waals surface area (Å²) >= 11 is 0. The number of fused-ring (bicyclic) bond motifs is 1. The predicted molar refractivity (Wildman–Crippen MR) is 88.3 cm³/mol. The van der Waals surface area contributed by atoms with Crippen LogP contribution in [0.15, 0.2) is 28.8 Å². The Morgan fingerprint density at radius 1 is 1.25 bits per heavy atom. The van der Waals surface area contributed by atoms with Crippen LogP contribution < -0.4 is 0 Å². The smallest absolute Gasteiger partial charge is 0.248 e. The Bertz CT molecular complexity index is 800. The Balaban J connectivity index is 1.60. The zero-order valence-electron chi connectivity index (χ0n) is 13.8. The van der Waals surface area contributed by atoms with Crippen molar-refractivity contribution < 1.29 is 14.1 Å². The molecule has 1 aromatic carbocycles. The molecule has 1 unspecified atom stereocenters. The summed E-state index contributed by atoms with van der Waals surface area (Å²) in [5.41, 5.74) is 0.697. The Morgan fingerprint density at radius 2 is 2.00 bits per heavy atom. The van der Waals surface area contributed by atoms with Gasteiger partial charge in [0.25, 0.3) is 0 Å². The highest BCUT2D eigenvalue weighted by molar-refractivity contribution is 5.94. The molecule has 126 valence electrons. The standard InChI is InChI=1S/C18H21N3O3/c1-20-10-4-8-18(17(20)23)9-5-11-21(18)16(22)12-14-13-6-2-3-7-15(13)24-19-14/h2-3,6-7H,4-5,8-12H2,1H3. The molecule has 2 amide bonds. The fourth-order valence-electron chi connectivity index (χ4n) is 4.20. The second-order valence-electron chi connectivity index (χ2n) is 6.81. The van der Waals surface area contributed by atoms with E-state index in [-0.39, 0.29) is 18.2 Å². The van der Waals surface area contributed by atoms with E-state index in [0.717, 1.165) is 37.6 Å². The number of amides is 2. The molecule has 4 rings (SSSR count).